The molecule has 1 aliphatic heterocycles. The van der Waals surface area contributed by atoms with Crippen molar-refractivity contribution in [2.45, 2.75) is 38.3 Å². The van der Waals surface area contributed by atoms with Crippen LogP contribution in [-0.4, -0.2) is 29.9 Å². The first-order chi connectivity index (χ1) is 9.54. The van der Waals surface area contributed by atoms with Crippen molar-refractivity contribution in [2.24, 2.45) is 0 Å². The summed E-state index contributed by atoms with van der Waals surface area (Å²) in [5.74, 6) is 0.268. The second-order valence-electron chi connectivity index (χ2n) is 4.81. The normalized spacial score (nSPS) is 19.4. The minimum Gasteiger partial charge on any atom is -0.469 e. The molecule has 4 amide bonds. The molecule has 7 heteroatoms. The number of nitrogens with one attached hydrogen (secondary N) is 3. The Morgan fingerprint density at radius 1 is 1.50 bits per heavy atom. The highest BCUT2D eigenvalue weighted by Gasteiger charge is 2.29. The third-order valence-electron chi connectivity index (χ3n) is 3.01. The highest BCUT2D eigenvalue weighted by Crippen LogP contribution is 2.06. The number of urea groups is 1. The largest absolute Gasteiger partial charge is 0.469 e. The maximum Gasteiger partial charge on any atom is 0.322 e. The molecule has 3 N–H and O–H groups in total. The highest BCUT2D eigenvalue weighted by molar-refractivity contribution is 6.04. The molecule has 0 radical (unpaired) electrons. The van der Waals surface area contributed by atoms with Gasteiger partial charge < -0.3 is 15.1 Å². The van der Waals surface area contributed by atoms with Gasteiger partial charge in [0.25, 0.3) is 5.91 Å². The molecule has 108 valence electrons. The third-order valence-corrected chi connectivity index (χ3v) is 3.01. The van der Waals surface area contributed by atoms with Crippen LogP contribution in [0, 0.1) is 0 Å². The van der Waals surface area contributed by atoms with Gasteiger partial charge in [0.1, 0.15) is 11.8 Å². The van der Waals surface area contributed by atoms with E-state index in [1.165, 1.54) is 0 Å². The Morgan fingerprint density at radius 3 is 2.90 bits per heavy atom. The van der Waals surface area contributed by atoms with Crippen LogP contribution in [0.1, 0.15) is 25.5 Å². The van der Waals surface area contributed by atoms with E-state index in [-0.39, 0.29) is 30.7 Å². The topological polar surface area (TPSA) is 100 Å². The molecular weight excluding hydrogens is 262 g/mol. The molecule has 0 aromatic carbocycles. The summed E-state index contributed by atoms with van der Waals surface area (Å²) in [6.45, 7) is 1.88. The Bertz CT molecular complexity index is 498. The Balaban J connectivity index is 1.70. The zero-order chi connectivity index (χ0) is 14.5. The van der Waals surface area contributed by atoms with Gasteiger partial charge >= 0.3 is 6.03 Å². The molecule has 2 atom stereocenters. The smallest absolute Gasteiger partial charge is 0.322 e. The van der Waals surface area contributed by atoms with E-state index in [1.807, 2.05) is 13.0 Å². The summed E-state index contributed by atoms with van der Waals surface area (Å²) in [7, 11) is 0. The zero-order valence-electron chi connectivity index (χ0n) is 11.1. The van der Waals surface area contributed by atoms with E-state index in [4.69, 9.17) is 4.42 Å². The molecule has 0 bridgehead atoms. The lowest BCUT2D eigenvalue weighted by Crippen LogP contribution is -2.36. The quantitative estimate of drug-likeness (QED) is 0.653. The predicted octanol–water partition coefficient (Wildman–Crippen LogP) is 0.315. The van der Waals surface area contributed by atoms with Gasteiger partial charge in [-0.2, -0.15) is 0 Å². The fourth-order valence-corrected chi connectivity index (χ4v) is 2.07. The number of carbonyl (C=O) groups is 3. The van der Waals surface area contributed by atoms with Crippen LogP contribution < -0.4 is 16.0 Å². The second-order valence-corrected chi connectivity index (χ2v) is 4.81. The molecular formula is C13H17N3O4. The molecule has 7 nitrogen and oxygen atoms in total. The molecule has 2 rings (SSSR count). The SMILES string of the molecule is CC(Cc1ccco1)NC(=O)CCC1NC(=O)NC1=O. The van der Waals surface area contributed by atoms with Gasteiger partial charge in [-0.3, -0.25) is 14.9 Å². The van der Waals surface area contributed by atoms with Crippen LogP contribution in [0.5, 0.6) is 0 Å². The van der Waals surface area contributed by atoms with Crippen molar-refractivity contribution in [3.05, 3.63) is 24.2 Å². The van der Waals surface area contributed by atoms with Gasteiger partial charge in [-0.15, -0.1) is 0 Å². The molecule has 2 unspecified atom stereocenters. The number of amides is 4. The van der Waals surface area contributed by atoms with Crippen molar-refractivity contribution in [2.75, 3.05) is 0 Å². The summed E-state index contributed by atoms with van der Waals surface area (Å²) in [5.41, 5.74) is 0. The van der Waals surface area contributed by atoms with Crippen LogP contribution in [0.4, 0.5) is 4.79 Å². The van der Waals surface area contributed by atoms with Gasteiger partial charge in [-0.05, 0) is 25.5 Å². The van der Waals surface area contributed by atoms with Crippen LogP contribution in [0.2, 0.25) is 0 Å². The molecule has 20 heavy (non-hydrogen) atoms. The molecule has 2 heterocycles. The van der Waals surface area contributed by atoms with E-state index in [2.05, 4.69) is 16.0 Å². The average molecular weight is 279 g/mol. The Labute approximate surface area is 116 Å². The summed E-state index contributed by atoms with van der Waals surface area (Å²) in [6.07, 6.45) is 2.67. The lowest BCUT2D eigenvalue weighted by atomic mass is 10.1. The van der Waals surface area contributed by atoms with Gasteiger partial charge in [0, 0.05) is 18.9 Å². The Morgan fingerprint density at radius 2 is 2.30 bits per heavy atom. The van der Waals surface area contributed by atoms with Crippen LogP contribution in [0.25, 0.3) is 0 Å². The van der Waals surface area contributed by atoms with Crippen LogP contribution >= 0.6 is 0 Å². The number of carbonyl (C=O) groups excluding carboxylic acids is 3. The van der Waals surface area contributed by atoms with Crippen LogP contribution in [0.3, 0.4) is 0 Å². The van der Waals surface area contributed by atoms with E-state index < -0.39 is 12.1 Å². The lowest BCUT2D eigenvalue weighted by molar-refractivity contribution is -0.122. The van der Waals surface area contributed by atoms with Crippen molar-refractivity contribution < 1.29 is 18.8 Å². The minimum absolute atomic E-state index is 0.0550. The van der Waals surface area contributed by atoms with Crippen molar-refractivity contribution in [3.63, 3.8) is 0 Å². The number of imide groups is 1. The van der Waals surface area contributed by atoms with E-state index in [0.29, 0.717) is 6.42 Å². The lowest BCUT2D eigenvalue weighted by Gasteiger charge is -2.13. The monoisotopic (exact) mass is 279 g/mol. The first-order valence-corrected chi connectivity index (χ1v) is 6.47. The minimum atomic E-state index is -0.617. The standard InChI is InChI=1S/C13H17N3O4/c1-8(7-9-3-2-6-20-9)14-11(17)5-4-10-12(18)16-13(19)15-10/h2-3,6,8,10H,4-5,7H2,1H3,(H,14,17)(H2,15,16,18,19). The van der Waals surface area contributed by atoms with Crippen molar-refractivity contribution in [1.82, 2.24) is 16.0 Å². The fourth-order valence-electron chi connectivity index (χ4n) is 2.07. The molecule has 0 aliphatic carbocycles. The Kier molecular flexibility index (Phi) is 4.39. The summed E-state index contributed by atoms with van der Waals surface area (Å²) in [6, 6.07) is 2.47. The fraction of sp³-hybridized carbons (Fsp3) is 0.462. The van der Waals surface area contributed by atoms with Gasteiger partial charge in [-0.1, -0.05) is 0 Å². The summed E-state index contributed by atoms with van der Waals surface area (Å²) < 4.78 is 5.20. The van der Waals surface area contributed by atoms with E-state index in [0.717, 1.165) is 5.76 Å². The molecule has 0 saturated carbocycles. The predicted molar refractivity (Wildman–Crippen MR) is 69.7 cm³/mol. The maximum absolute atomic E-state index is 11.7. The molecule has 1 aromatic heterocycles. The first-order valence-electron chi connectivity index (χ1n) is 6.47. The third kappa shape index (κ3) is 3.84. The number of hydrogen-bond donors (Lipinski definition) is 3. The van der Waals surface area contributed by atoms with Crippen molar-refractivity contribution >= 4 is 17.8 Å². The number of rotatable bonds is 6. The average Bonchev–Trinajstić information content (AvgIpc) is 2.96. The molecule has 1 aliphatic rings. The van der Waals surface area contributed by atoms with Gasteiger partial charge in [0.2, 0.25) is 5.91 Å². The number of furan rings is 1. The van der Waals surface area contributed by atoms with Crippen LogP contribution in [-0.2, 0) is 16.0 Å². The number of hydrogen-bond acceptors (Lipinski definition) is 4. The zero-order valence-corrected chi connectivity index (χ0v) is 11.1. The van der Waals surface area contributed by atoms with Crippen molar-refractivity contribution in [3.8, 4) is 0 Å². The van der Waals surface area contributed by atoms with Gasteiger partial charge in [-0.25, -0.2) is 4.79 Å². The second kappa shape index (κ2) is 6.23. The molecule has 1 saturated heterocycles. The summed E-state index contributed by atoms with van der Waals surface area (Å²) in [5, 5.41) is 7.41. The Hall–Kier alpha value is -2.31. The van der Waals surface area contributed by atoms with Gasteiger partial charge in [0.05, 0.1) is 6.26 Å². The van der Waals surface area contributed by atoms with Crippen molar-refractivity contribution in [1.29, 1.82) is 0 Å². The summed E-state index contributed by atoms with van der Waals surface area (Å²) in [4.78, 5) is 33.9. The van der Waals surface area contributed by atoms with Gasteiger partial charge in [0.15, 0.2) is 0 Å². The molecule has 1 aromatic rings. The summed E-state index contributed by atoms with van der Waals surface area (Å²) >= 11 is 0. The van der Waals surface area contributed by atoms with E-state index >= 15 is 0 Å². The maximum atomic E-state index is 11.7. The highest BCUT2D eigenvalue weighted by atomic mass is 16.3. The molecule has 0 spiro atoms. The van der Waals surface area contributed by atoms with Crippen LogP contribution in [0.15, 0.2) is 22.8 Å². The van der Waals surface area contributed by atoms with E-state index in [9.17, 15) is 14.4 Å². The molecule has 1 fully saturated rings. The van der Waals surface area contributed by atoms with E-state index in [1.54, 1.807) is 12.3 Å². The first kappa shape index (κ1) is 14.1.